The molecule has 0 saturated carbocycles. The minimum absolute atomic E-state index is 0.0335. The number of thiazole rings is 1. The number of fused-ring (bicyclic) bond motifs is 1. The highest BCUT2D eigenvalue weighted by atomic mass is 32.1. The third-order valence-electron chi connectivity index (χ3n) is 2.58. The largest absolute Gasteiger partial charge is 0.399 e. The van der Waals surface area contributed by atoms with E-state index in [1.54, 1.807) is 0 Å². The van der Waals surface area contributed by atoms with Crippen LogP contribution in [-0.2, 0) is 4.79 Å². The van der Waals surface area contributed by atoms with Gasteiger partial charge in [-0.1, -0.05) is 11.3 Å². The number of hydrogen-bond donors (Lipinski definition) is 3. The predicted molar refractivity (Wildman–Crippen MR) is 80.4 cm³/mol. The molecule has 6 heteroatoms. The smallest absolute Gasteiger partial charge is 0.242 e. The molecule has 102 valence electrons. The number of amides is 1. The molecule has 0 aliphatic heterocycles. The summed E-state index contributed by atoms with van der Waals surface area (Å²) in [6, 6.07) is 5.40. The molecule has 0 radical (unpaired) electrons. The Kier molecular flexibility index (Phi) is 3.90. The molecular weight excluding hydrogens is 260 g/mol. The van der Waals surface area contributed by atoms with Crippen LogP contribution in [0, 0.1) is 0 Å². The van der Waals surface area contributed by atoms with Crippen molar-refractivity contribution in [3.63, 3.8) is 0 Å². The Bertz CT molecular complexity index is 593. The van der Waals surface area contributed by atoms with E-state index in [9.17, 15) is 4.79 Å². The highest BCUT2D eigenvalue weighted by Crippen LogP contribution is 2.27. The number of hydrogen-bond acceptors (Lipinski definition) is 5. The summed E-state index contributed by atoms with van der Waals surface area (Å²) in [5.41, 5.74) is 7.34. The zero-order valence-corrected chi connectivity index (χ0v) is 12.0. The van der Waals surface area contributed by atoms with Crippen molar-refractivity contribution >= 4 is 38.3 Å². The van der Waals surface area contributed by atoms with Crippen molar-refractivity contribution < 1.29 is 4.79 Å². The number of nitrogens with two attached hydrogens (primary N) is 1. The van der Waals surface area contributed by atoms with E-state index < -0.39 is 0 Å². The molecule has 0 spiro atoms. The van der Waals surface area contributed by atoms with Gasteiger partial charge in [0.05, 0.1) is 10.2 Å². The maximum atomic E-state index is 11.8. The van der Waals surface area contributed by atoms with Crippen molar-refractivity contribution in [2.45, 2.75) is 32.9 Å². The van der Waals surface area contributed by atoms with Gasteiger partial charge in [0.1, 0.15) is 6.04 Å². The van der Waals surface area contributed by atoms with Crippen LogP contribution in [0.2, 0.25) is 0 Å². The molecule has 2 aromatic rings. The highest BCUT2D eigenvalue weighted by molar-refractivity contribution is 7.22. The van der Waals surface area contributed by atoms with Crippen LogP contribution >= 0.6 is 11.3 Å². The van der Waals surface area contributed by atoms with Crippen LogP contribution in [0.4, 0.5) is 10.8 Å². The fourth-order valence-electron chi connectivity index (χ4n) is 1.66. The van der Waals surface area contributed by atoms with Gasteiger partial charge in [-0.3, -0.25) is 4.79 Å². The van der Waals surface area contributed by atoms with Crippen molar-refractivity contribution in [3.8, 4) is 0 Å². The van der Waals surface area contributed by atoms with Gasteiger partial charge in [0, 0.05) is 11.7 Å². The number of benzene rings is 1. The quantitative estimate of drug-likeness (QED) is 0.749. The third-order valence-corrected chi connectivity index (χ3v) is 3.53. The first-order valence-corrected chi connectivity index (χ1v) is 7.00. The zero-order valence-electron chi connectivity index (χ0n) is 11.2. The summed E-state index contributed by atoms with van der Waals surface area (Å²) >= 11 is 1.49. The lowest BCUT2D eigenvalue weighted by Crippen LogP contribution is -2.40. The van der Waals surface area contributed by atoms with Gasteiger partial charge in [-0.25, -0.2) is 4.98 Å². The standard InChI is InChI=1S/C13H18N4OS/c1-7(2)15-12(18)8(3)16-13-17-10-5-4-9(14)6-11(10)19-13/h4-8H,14H2,1-3H3,(H,15,18)(H,16,17). The normalized spacial score (nSPS) is 12.6. The average molecular weight is 278 g/mol. The molecule has 0 saturated heterocycles. The Labute approximate surface area is 116 Å². The van der Waals surface area contributed by atoms with Crippen LogP contribution in [-0.4, -0.2) is 23.0 Å². The minimum atomic E-state index is -0.319. The van der Waals surface area contributed by atoms with Crippen molar-refractivity contribution in [2.75, 3.05) is 11.1 Å². The predicted octanol–water partition coefficient (Wildman–Crippen LogP) is 2.20. The summed E-state index contributed by atoms with van der Waals surface area (Å²) < 4.78 is 1.01. The number of nitrogens with one attached hydrogen (secondary N) is 2. The molecule has 0 aliphatic rings. The van der Waals surface area contributed by atoms with Crippen molar-refractivity contribution in [1.82, 2.24) is 10.3 Å². The monoisotopic (exact) mass is 278 g/mol. The Balaban J connectivity index is 2.10. The zero-order chi connectivity index (χ0) is 14.0. The van der Waals surface area contributed by atoms with Crippen LogP contribution in [0.5, 0.6) is 0 Å². The van der Waals surface area contributed by atoms with Crippen LogP contribution in [0.15, 0.2) is 18.2 Å². The Hall–Kier alpha value is -1.82. The molecule has 1 unspecified atom stereocenters. The topological polar surface area (TPSA) is 80.0 Å². The molecule has 5 nitrogen and oxygen atoms in total. The van der Waals surface area contributed by atoms with Gasteiger partial charge < -0.3 is 16.4 Å². The maximum Gasteiger partial charge on any atom is 0.242 e. The van der Waals surface area contributed by atoms with E-state index in [0.29, 0.717) is 5.69 Å². The van der Waals surface area contributed by atoms with E-state index in [4.69, 9.17) is 5.73 Å². The lowest BCUT2D eigenvalue weighted by atomic mass is 10.3. The van der Waals surface area contributed by atoms with Gasteiger partial charge in [-0.05, 0) is 39.0 Å². The molecule has 0 aliphatic carbocycles. The van der Waals surface area contributed by atoms with Crippen LogP contribution in [0.3, 0.4) is 0 Å². The summed E-state index contributed by atoms with van der Waals surface area (Å²) in [5, 5.41) is 6.70. The van der Waals surface area contributed by atoms with Gasteiger partial charge in [-0.15, -0.1) is 0 Å². The molecular formula is C13H18N4OS. The number of rotatable bonds is 4. The lowest BCUT2D eigenvalue weighted by molar-refractivity contribution is -0.122. The van der Waals surface area contributed by atoms with Gasteiger partial charge in [-0.2, -0.15) is 0 Å². The molecule has 1 heterocycles. The molecule has 1 amide bonds. The van der Waals surface area contributed by atoms with Gasteiger partial charge in [0.25, 0.3) is 0 Å². The van der Waals surface area contributed by atoms with E-state index in [1.807, 2.05) is 39.0 Å². The summed E-state index contributed by atoms with van der Waals surface area (Å²) in [6.45, 7) is 5.69. The van der Waals surface area contributed by atoms with E-state index in [1.165, 1.54) is 11.3 Å². The van der Waals surface area contributed by atoms with E-state index in [0.717, 1.165) is 15.3 Å². The first-order valence-electron chi connectivity index (χ1n) is 6.18. The van der Waals surface area contributed by atoms with Crippen LogP contribution in [0.25, 0.3) is 10.2 Å². The second kappa shape index (κ2) is 5.44. The molecule has 0 fully saturated rings. The molecule has 1 atom stereocenters. The highest BCUT2D eigenvalue weighted by Gasteiger charge is 2.15. The lowest BCUT2D eigenvalue weighted by Gasteiger charge is -2.15. The molecule has 1 aromatic heterocycles. The number of nitrogens with zero attached hydrogens (tertiary/aromatic N) is 1. The minimum Gasteiger partial charge on any atom is -0.399 e. The number of carbonyl (C=O) groups is 1. The molecule has 4 N–H and O–H groups in total. The molecule has 0 bridgehead atoms. The molecule has 1 aromatic carbocycles. The first-order chi connectivity index (χ1) is 8.95. The van der Waals surface area contributed by atoms with Crippen LogP contribution in [0.1, 0.15) is 20.8 Å². The number of carbonyl (C=O) groups excluding carboxylic acids is 1. The fourth-order valence-corrected chi connectivity index (χ4v) is 2.66. The van der Waals surface area contributed by atoms with Gasteiger partial charge >= 0.3 is 0 Å². The number of nitrogen functional groups attached to an aromatic ring is 1. The average Bonchev–Trinajstić information content (AvgIpc) is 2.69. The SMILES string of the molecule is CC(C)NC(=O)C(C)Nc1nc2ccc(N)cc2s1. The van der Waals surface area contributed by atoms with Gasteiger partial charge in [0.2, 0.25) is 5.91 Å². The summed E-state index contributed by atoms with van der Waals surface area (Å²) in [5.74, 6) is -0.0335. The van der Waals surface area contributed by atoms with Crippen LogP contribution < -0.4 is 16.4 Å². The summed E-state index contributed by atoms with van der Waals surface area (Å²) in [7, 11) is 0. The maximum absolute atomic E-state index is 11.8. The molecule has 19 heavy (non-hydrogen) atoms. The second-order valence-corrected chi connectivity index (χ2v) is 5.81. The number of aromatic nitrogens is 1. The Morgan fingerprint density at radius 1 is 1.37 bits per heavy atom. The Morgan fingerprint density at radius 2 is 2.11 bits per heavy atom. The van der Waals surface area contributed by atoms with E-state index in [-0.39, 0.29) is 18.0 Å². The third kappa shape index (κ3) is 3.35. The van der Waals surface area contributed by atoms with Crippen molar-refractivity contribution in [3.05, 3.63) is 18.2 Å². The number of anilines is 2. The second-order valence-electron chi connectivity index (χ2n) is 4.78. The van der Waals surface area contributed by atoms with Crippen molar-refractivity contribution in [1.29, 1.82) is 0 Å². The van der Waals surface area contributed by atoms with E-state index in [2.05, 4.69) is 15.6 Å². The van der Waals surface area contributed by atoms with E-state index >= 15 is 0 Å². The molecule has 2 rings (SSSR count). The summed E-state index contributed by atoms with van der Waals surface area (Å²) in [4.78, 5) is 16.2. The summed E-state index contributed by atoms with van der Waals surface area (Å²) in [6.07, 6.45) is 0. The van der Waals surface area contributed by atoms with Crippen molar-refractivity contribution in [2.24, 2.45) is 0 Å². The Morgan fingerprint density at radius 3 is 2.79 bits per heavy atom. The first kappa shape index (κ1) is 13.6. The fraction of sp³-hybridized carbons (Fsp3) is 0.385. The van der Waals surface area contributed by atoms with Gasteiger partial charge in [0.15, 0.2) is 5.13 Å².